The van der Waals surface area contributed by atoms with E-state index in [1.54, 1.807) is 0 Å². The van der Waals surface area contributed by atoms with Gasteiger partial charge in [0, 0.05) is 6.04 Å². The van der Waals surface area contributed by atoms with Crippen LogP contribution in [0.25, 0.3) is 0 Å². The number of carbonyl (C=O) groups excluding carboxylic acids is 1. The van der Waals surface area contributed by atoms with Crippen LogP contribution in [-0.4, -0.2) is 40.8 Å². The first kappa shape index (κ1) is 13.8. The minimum atomic E-state index is -0.942. The zero-order chi connectivity index (χ0) is 13.0. The molecule has 98 valence electrons. The highest BCUT2D eigenvalue weighted by molar-refractivity contribution is 5.81. The Morgan fingerprint density at radius 2 is 2.06 bits per heavy atom. The Balaban J connectivity index is 2.67. The van der Waals surface area contributed by atoms with Crippen LogP contribution in [0.4, 0.5) is 4.79 Å². The minimum Gasteiger partial charge on any atom is -0.480 e. The van der Waals surface area contributed by atoms with E-state index in [0.717, 1.165) is 12.8 Å². The van der Waals surface area contributed by atoms with Gasteiger partial charge in [-0.15, -0.1) is 0 Å². The molecule has 0 radical (unpaired) electrons. The lowest BCUT2D eigenvalue weighted by molar-refractivity contribution is -0.142. The number of amides is 1. The molecule has 0 aromatic rings. The summed E-state index contributed by atoms with van der Waals surface area (Å²) in [5.41, 5.74) is 0. The molecule has 0 aliphatic carbocycles. The van der Waals surface area contributed by atoms with Crippen LogP contribution in [0.3, 0.4) is 0 Å². The summed E-state index contributed by atoms with van der Waals surface area (Å²) in [4.78, 5) is 24.3. The van der Waals surface area contributed by atoms with Crippen LogP contribution in [0.5, 0.6) is 0 Å². The number of hydrogen-bond donors (Lipinski definition) is 1. The number of nitrogens with zero attached hydrogens (tertiary/aromatic N) is 1. The standard InChI is InChI=1S/C12H21NO4/c1-4-9-5-6-10(11(14)15)13(9)12(16)17-7-8(2)3/h8-10H,4-7H2,1-3H3,(H,14,15). The minimum absolute atomic E-state index is 0.00392. The van der Waals surface area contributed by atoms with Crippen molar-refractivity contribution in [2.24, 2.45) is 5.92 Å². The Kier molecular flexibility index (Phi) is 4.78. The molecule has 1 rings (SSSR count). The molecular weight excluding hydrogens is 222 g/mol. The lowest BCUT2D eigenvalue weighted by Gasteiger charge is -2.27. The quantitative estimate of drug-likeness (QED) is 0.821. The molecule has 5 heteroatoms. The Bertz CT molecular complexity index is 290. The first-order valence-electron chi connectivity index (χ1n) is 6.15. The molecule has 1 amide bonds. The van der Waals surface area contributed by atoms with Crippen LogP contribution in [0.15, 0.2) is 0 Å². The van der Waals surface area contributed by atoms with Gasteiger partial charge in [-0.2, -0.15) is 0 Å². The molecule has 2 unspecified atom stereocenters. The van der Waals surface area contributed by atoms with Crippen molar-refractivity contribution in [2.45, 2.75) is 52.1 Å². The molecule has 1 fully saturated rings. The molecular formula is C12H21NO4. The SMILES string of the molecule is CCC1CCC(C(=O)O)N1C(=O)OCC(C)C. The van der Waals surface area contributed by atoms with Crippen LogP contribution < -0.4 is 0 Å². The molecule has 1 heterocycles. The Hall–Kier alpha value is -1.26. The van der Waals surface area contributed by atoms with Gasteiger partial charge in [0.05, 0.1) is 6.61 Å². The number of aliphatic carboxylic acids is 1. The zero-order valence-electron chi connectivity index (χ0n) is 10.7. The lowest BCUT2D eigenvalue weighted by atomic mass is 10.1. The molecule has 0 aromatic carbocycles. The van der Waals surface area contributed by atoms with Gasteiger partial charge in [0.15, 0.2) is 0 Å². The summed E-state index contributed by atoms with van der Waals surface area (Å²) in [6.45, 7) is 6.18. The maximum atomic E-state index is 11.9. The van der Waals surface area contributed by atoms with Crippen molar-refractivity contribution in [3.63, 3.8) is 0 Å². The molecule has 17 heavy (non-hydrogen) atoms. The van der Waals surface area contributed by atoms with E-state index in [0.29, 0.717) is 13.0 Å². The second-order valence-electron chi connectivity index (χ2n) is 4.87. The zero-order valence-corrected chi connectivity index (χ0v) is 10.7. The summed E-state index contributed by atoms with van der Waals surface area (Å²) >= 11 is 0. The van der Waals surface area contributed by atoms with Crippen molar-refractivity contribution >= 4 is 12.1 Å². The molecule has 2 atom stereocenters. The van der Waals surface area contributed by atoms with Gasteiger partial charge < -0.3 is 9.84 Å². The fourth-order valence-corrected chi connectivity index (χ4v) is 2.11. The number of hydrogen-bond acceptors (Lipinski definition) is 3. The van der Waals surface area contributed by atoms with Crippen LogP contribution >= 0.6 is 0 Å². The molecule has 1 aliphatic rings. The molecule has 1 saturated heterocycles. The van der Waals surface area contributed by atoms with Gasteiger partial charge in [0.2, 0.25) is 0 Å². The van der Waals surface area contributed by atoms with Crippen LogP contribution in [0.1, 0.15) is 40.0 Å². The Morgan fingerprint density at radius 1 is 1.41 bits per heavy atom. The van der Waals surface area contributed by atoms with Gasteiger partial charge in [0.25, 0.3) is 0 Å². The van der Waals surface area contributed by atoms with E-state index in [1.165, 1.54) is 4.90 Å². The normalized spacial score (nSPS) is 24.1. The monoisotopic (exact) mass is 243 g/mol. The summed E-state index contributed by atoms with van der Waals surface area (Å²) in [6.07, 6.45) is 1.53. The van der Waals surface area contributed by atoms with E-state index >= 15 is 0 Å². The van der Waals surface area contributed by atoms with Crippen molar-refractivity contribution in [1.29, 1.82) is 0 Å². The Morgan fingerprint density at radius 3 is 2.53 bits per heavy atom. The number of ether oxygens (including phenoxy) is 1. The van der Waals surface area contributed by atoms with Gasteiger partial charge in [-0.05, 0) is 25.2 Å². The second kappa shape index (κ2) is 5.89. The molecule has 1 N–H and O–H groups in total. The van der Waals surface area contributed by atoms with Crippen LogP contribution in [-0.2, 0) is 9.53 Å². The summed E-state index contributed by atoms with van der Waals surface area (Å²) in [5, 5.41) is 9.07. The van der Waals surface area contributed by atoms with Gasteiger partial charge in [-0.1, -0.05) is 20.8 Å². The molecule has 5 nitrogen and oxygen atoms in total. The van der Waals surface area contributed by atoms with Gasteiger partial charge in [-0.3, -0.25) is 4.90 Å². The van der Waals surface area contributed by atoms with Crippen molar-refractivity contribution in [3.05, 3.63) is 0 Å². The van der Waals surface area contributed by atoms with Crippen molar-refractivity contribution in [2.75, 3.05) is 6.61 Å². The fourth-order valence-electron chi connectivity index (χ4n) is 2.11. The largest absolute Gasteiger partial charge is 0.480 e. The maximum Gasteiger partial charge on any atom is 0.410 e. The number of likely N-dealkylation sites (tertiary alicyclic amines) is 1. The topological polar surface area (TPSA) is 66.8 Å². The third-order valence-corrected chi connectivity index (χ3v) is 3.01. The number of carbonyl (C=O) groups is 2. The highest BCUT2D eigenvalue weighted by Gasteiger charge is 2.41. The highest BCUT2D eigenvalue weighted by atomic mass is 16.6. The average Bonchev–Trinajstić information content (AvgIpc) is 2.69. The van der Waals surface area contributed by atoms with Crippen molar-refractivity contribution in [3.8, 4) is 0 Å². The lowest BCUT2D eigenvalue weighted by Crippen LogP contribution is -2.45. The summed E-state index contributed by atoms with van der Waals surface area (Å²) in [7, 11) is 0. The Labute approximate surface area is 102 Å². The van der Waals surface area contributed by atoms with E-state index in [1.807, 2.05) is 20.8 Å². The first-order chi connectivity index (χ1) is 7.97. The van der Waals surface area contributed by atoms with E-state index in [-0.39, 0.29) is 12.0 Å². The summed E-state index contributed by atoms with van der Waals surface area (Å²) in [6, 6.07) is -0.727. The van der Waals surface area contributed by atoms with Gasteiger partial charge >= 0.3 is 12.1 Å². The molecule has 0 spiro atoms. The van der Waals surface area contributed by atoms with E-state index in [4.69, 9.17) is 9.84 Å². The number of rotatable bonds is 4. The van der Waals surface area contributed by atoms with Crippen molar-refractivity contribution < 1.29 is 19.4 Å². The van der Waals surface area contributed by atoms with Crippen molar-refractivity contribution in [1.82, 2.24) is 4.90 Å². The molecule has 0 aromatic heterocycles. The highest BCUT2D eigenvalue weighted by Crippen LogP contribution is 2.27. The van der Waals surface area contributed by atoms with E-state index in [2.05, 4.69) is 0 Å². The third kappa shape index (κ3) is 3.35. The number of carboxylic acids is 1. The fraction of sp³-hybridized carbons (Fsp3) is 0.833. The molecule has 1 aliphatic heterocycles. The number of carboxylic acid groups (broad SMARTS) is 1. The maximum absolute atomic E-state index is 11.9. The van der Waals surface area contributed by atoms with Gasteiger partial charge in [0.1, 0.15) is 6.04 Å². The predicted octanol–water partition coefficient (Wildman–Crippen LogP) is 2.11. The summed E-state index contributed by atoms with van der Waals surface area (Å²) < 4.78 is 5.12. The summed E-state index contributed by atoms with van der Waals surface area (Å²) in [5.74, 6) is -0.688. The first-order valence-corrected chi connectivity index (χ1v) is 6.15. The van der Waals surface area contributed by atoms with Crippen LogP contribution in [0, 0.1) is 5.92 Å². The van der Waals surface area contributed by atoms with E-state index < -0.39 is 18.1 Å². The van der Waals surface area contributed by atoms with Crippen LogP contribution in [0.2, 0.25) is 0 Å². The molecule has 0 bridgehead atoms. The van der Waals surface area contributed by atoms with E-state index in [9.17, 15) is 9.59 Å². The predicted molar refractivity (Wildman–Crippen MR) is 62.8 cm³/mol. The average molecular weight is 243 g/mol. The third-order valence-electron chi connectivity index (χ3n) is 3.01. The second-order valence-corrected chi connectivity index (χ2v) is 4.87. The molecule has 0 saturated carbocycles. The smallest absolute Gasteiger partial charge is 0.410 e. The van der Waals surface area contributed by atoms with Gasteiger partial charge in [-0.25, -0.2) is 9.59 Å².